The molecule has 6 nitrogen and oxygen atoms in total. The summed E-state index contributed by atoms with van der Waals surface area (Å²) in [4.78, 5) is 14.2. The van der Waals surface area contributed by atoms with E-state index in [9.17, 15) is 13.2 Å². The van der Waals surface area contributed by atoms with Crippen molar-refractivity contribution in [2.45, 2.75) is 17.9 Å². The largest absolute Gasteiger partial charge is 0.326 e. The second-order valence-electron chi connectivity index (χ2n) is 7.17. The molecule has 7 heteroatoms. The van der Waals surface area contributed by atoms with E-state index in [0.717, 1.165) is 6.54 Å². The van der Waals surface area contributed by atoms with Crippen LogP contribution in [0.5, 0.6) is 0 Å². The second-order valence-corrected chi connectivity index (χ2v) is 8.73. The van der Waals surface area contributed by atoms with Crippen molar-refractivity contribution < 1.29 is 13.2 Å². The Kier molecular flexibility index (Phi) is 6.99. The number of sulfonamides is 1. The molecule has 0 aliphatic carbocycles. The molecule has 0 heterocycles. The molecule has 1 amide bonds. The van der Waals surface area contributed by atoms with Gasteiger partial charge >= 0.3 is 0 Å². The highest BCUT2D eigenvalue weighted by Crippen LogP contribution is 2.20. The number of rotatable bonds is 8. The number of anilines is 1. The Hall–Kier alpha value is -3.00. The predicted molar refractivity (Wildman–Crippen MR) is 119 cm³/mol. The van der Waals surface area contributed by atoms with Crippen molar-refractivity contribution >= 4 is 21.6 Å². The number of nitrogens with one attached hydrogen (secondary N) is 1. The van der Waals surface area contributed by atoms with Gasteiger partial charge in [0.05, 0.1) is 4.90 Å². The number of hydrogen-bond donors (Lipinski definition) is 2. The zero-order valence-electron chi connectivity index (χ0n) is 16.8. The SMILES string of the molecule is CN(CCC(=O)Nc1cccc(S(N)(=O)=O)c1)Cc1ccc(-c2ccccc2)cc1. The molecule has 3 aromatic carbocycles. The van der Waals surface area contributed by atoms with E-state index in [0.29, 0.717) is 12.2 Å². The van der Waals surface area contributed by atoms with Crippen molar-refractivity contribution in [3.63, 3.8) is 0 Å². The van der Waals surface area contributed by atoms with Crippen LogP contribution in [0.15, 0.2) is 83.8 Å². The molecule has 3 aromatic rings. The topological polar surface area (TPSA) is 92.5 Å². The quantitative estimate of drug-likeness (QED) is 0.580. The lowest BCUT2D eigenvalue weighted by Gasteiger charge is -2.17. The van der Waals surface area contributed by atoms with Crippen LogP contribution in [0, 0.1) is 0 Å². The second kappa shape index (κ2) is 9.67. The standard InChI is InChI=1S/C23H25N3O3S/c1-26(17-18-10-12-20(13-11-18)19-6-3-2-4-7-19)15-14-23(27)25-21-8-5-9-22(16-21)30(24,28)29/h2-13,16H,14-15,17H2,1H3,(H,25,27)(H2,24,28,29). The van der Waals surface area contributed by atoms with Crippen molar-refractivity contribution in [2.75, 3.05) is 18.9 Å². The minimum Gasteiger partial charge on any atom is -0.326 e. The maximum atomic E-state index is 12.2. The van der Waals surface area contributed by atoms with Gasteiger partial charge in [-0.25, -0.2) is 13.6 Å². The summed E-state index contributed by atoms with van der Waals surface area (Å²) in [6, 6.07) is 24.5. The van der Waals surface area contributed by atoms with Crippen LogP contribution in [0.25, 0.3) is 11.1 Å². The normalized spacial score (nSPS) is 11.4. The van der Waals surface area contributed by atoms with Crippen molar-refractivity contribution in [2.24, 2.45) is 5.14 Å². The van der Waals surface area contributed by atoms with Gasteiger partial charge in [-0.1, -0.05) is 60.7 Å². The average Bonchev–Trinajstić information content (AvgIpc) is 2.73. The molecule has 0 aliphatic heterocycles. The molecule has 0 saturated heterocycles. The van der Waals surface area contributed by atoms with Crippen LogP contribution in [-0.4, -0.2) is 32.8 Å². The molecule has 0 saturated carbocycles. The van der Waals surface area contributed by atoms with Gasteiger partial charge in [0.15, 0.2) is 0 Å². The summed E-state index contributed by atoms with van der Waals surface area (Å²) >= 11 is 0. The Morgan fingerprint density at radius 1 is 0.933 bits per heavy atom. The van der Waals surface area contributed by atoms with E-state index in [1.165, 1.54) is 28.8 Å². The lowest BCUT2D eigenvalue weighted by Crippen LogP contribution is -2.24. The fraction of sp³-hybridized carbons (Fsp3) is 0.174. The third kappa shape index (κ3) is 6.25. The molecule has 0 fully saturated rings. The van der Waals surface area contributed by atoms with Crippen LogP contribution in [0.4, 0.5) is 5.69 Å². The van der Waals surface area contributed by atoms with Crippen molar-refractivity contribution in [3.8, 4) is 11.1 Å². The van der Waals surface area contributed by atoms with E-state index in [1.54, 1.807) is 12.1 Å². The van der Waals surface area contributed by atoms with E-state index < -0.39 is 10.0 Å². The highest BCUT2D eigenvalue weighted by molar-refractivity contribution is 7.89. The number of benzene rings is 3. The molecule has 0 unspecified atom stereocenters. The maximum absolute atomic E-state index is 12.2. The Bertz CT molecular complexity index is 1100. The maximum Gasteiger partial charge on any atom is 0.238 e. The number of hydrogen-bond acceptors (Lipinski definition) is 4. The first-order chi connectivity index (χ1) is 14.3. The minimum atomic E-state index is -3.80. The number of amides is 1. The lowest BCUT2D eigenvalue weighted by atomic mass is 10.0. The van der Waals surface area contributed by atoms with Crippen LogP contribution < -0.4 is 10.5 Å². The van der Waals surface area contributed by atoms with Gasteiger partial charge in [0, 0.05) is 25.2 Å². The molecule has 0 spiro atoms. The third-order valence-electron chi connectivity index (χ3n) is 4.68. The van der Waals surface area contributed by atoms with Gasteiger partial charge in [-0.3, -0.25) is 4.79 Å². The summed E-state index contributed by atoms with van der Waals surface area (Å²) < 4.78 is 22.8. The van der Waals surface area contributed by atoms with Gasteiger partial charge in [0.25, 0.3) is 0 Å². The monoisotopic (exact) mass is 423 g/mol. The molecule has 0 aromatic heterocycles. The van der Waals surface area contributed by atoms with Gasteiger partial charge in [0.1, 0.15) is 0 Å². The Morgan fingerprint density at radius 3 is 2.27 bits per heavy atom. The van der Waals surface area contributed by atoms with Gasteiger partial charge in [0.2, 0.25) is 15.9 Å². The van der Waals surface area contributed by atoms with Gasteiger partial charge in [-0.15, -0.1) is 0 Å². The van der Waals surface area contributed by atoms with Crippen LogP contribution in [0.2, 0.25) is 0 Å². The first-order valence-corrected chi connectivity index (χ1v) is 11.1. The van der Waals surface area contributed by atoms with Crippen LogP contribution >= 0.6 is 0 Å². The predicted octanol–water partition coefficient (Wildman–Crippen LogP) is 3.46. The molecule has 0 bridgehead atoms. The van der Waals surface area contributed by atoms with E-state index in [2.05, 4.69) is 46.6 Å². The summed E-state index contributed by atoms with van der Waals surface area (Å²) in [6.07, 6.45) is 0.290. The Balaban J connectivity index is 1.50. The molecule has 0 atom stereocenters. The highest BCUT2D eigenvalue weighted by atomic mass is 32.2. The lowest BCUT2D eigenvalue weighted by molar-refractivity contribution is -0.116. The smallest absolute Gasteiger partial charge is 0.238 e. The zero-order chi connectivity index (χ0) is 21.6. The molecular formula is C23H25N3O3S. The first kappa shape index (κ1) is 21.7. The van der Waals surface area contributed by atoms with Gasteiger partial charge in [-0.2, -0.15) is 0 Å². The molecule has 30 heavy (non-hydrogen) atoms. The van der Waals surface area contributed by atoms with Crippen LogP contribution in [0.1, 0.15) is 12.0 Å². The summed E-state index contributed by atoms with van der Waals surface area (Å²) in [5.41, 5.74) is 3.92. The fourth-order valence-electron chi connectivity index (χ4n) is 3.09. The van der Waals surface area contributed by atoms with Crippen molar-refractivity contribution in [1.82, 2.24) is 4.90 Å². The molecule has 0 radical (unpaired) electrons. The molecular weight excluding hydrogens is 398 g/mol. The van der Waals surface area contributed by atoms with E-state index in [4.69, 9.17) is 5.14 Å². The van der Waals surface area contributed by atoms with Gasteiger partial charge in [-0.05, 0) is 41.9 Å². The summed E-state index contributed by atoms with van der Waals surface area (Å²) in [7, 11) is -1.84. The molecule has 0 aliphatic rings. The highest BCUT2D eigenvalue weighted by Gasteiger charge is 2.10. The first-order valence-electron chi connectivity index (χ1n) is 9.57. The Morgan fingerprint density at radius 2 is 1.60 bits per heavy atom. The summed E-state index contributed by atoms with van der Waals surface area (Å²) in [6.45, 7) is 1.30. The summed E-state index contributed by atoms with van der Waals surface area (Å²) in [5, 5.41) is 7.84. The van der Waals surface area contributed by atoms with Gasteiger partial charge < -0.3 is 10.2 Å². The summed E-state index contributed by atoms with van der Waals surface area (Å²) in [5.74, 6) is -0.187. The van der Waals surface area contributed by atoms with E-state index in [-0.39, 0.29) is 17.2 Å². The minimum absolute atomic E-state index is 0.0311. The fourth-order valence-corrected chi connectivity index (χ4v) is 3.65. The van der Waals surface area contributed by atoms with E-state index >= 15 is 0 Å². The average molecular weight is 424 g/mol. The van der Waals surface area contributed by atoms with Crippen molar-refractivity contribution in [3.05, 3.63) is 84.4 Å². The Labute approximate surface area is 177 Å². The number of carbonyl (C=O) groups excluding carboxylic acids is 1. The van der Waals surface area contributed by atoms with Crippen LogP contribution in [0.3, 0.4) is 0 Å². The molecule has 3 rings (SSSR count). The number of carbonyl (C=O) groups is 1. The number of primary sulfonamides is 1. The third-order valence-corrected chi connectivity index (χ3v) is 5.59. The number of nitrogens with zero attached hydrogens (tertiary/aromatic N) is 1. The van der Waals surface area contributed by atoms with E-state index in [1.807, 2.05) is 25.2 Å². The number of nitrogens with two attached hydrogens (primary N) is 1. The van der Waals surface area contributed by atoms with Crippen molar-refractivity contribution in [1.29, 1.82) is 0 Å². The van der Waals surface area contributed by atoms with Crippen LogP contribution in [-0.2, 0) is 21.4 Å². The zero-order valence-corrected chi connectivity index (χ0v) is 17.6. The molecule has 156 valence electrons. The molecule has 3 N–H and O–H groups in total.